The summed E-state index contributed by atoms with van der Waals surface area (Å²) in [6.45, 7) is 6.08. The summed E-state index contributed by atoms with van der Waals surface area (Å²) in [4.78, 5) is 27.3. The molecule has 5 nitrogen and oxygen atoms in total. The second-order valence-corrected chi connectivity index (χ2v) is 9.29. The van der Waals surface area contributed by atoms with Gasteiger partial charge >= 0.3 is 0 Å². The number of hydrogen-bond acceptors (Lipinski definition) is 3. The van der Waals surface area contributed by atoms with Gasteiger partial charge in [0.25, 0.3) is 0 Å². The van der Waals surface area contributed by atoms with Crippen LogP contribution in [-0.2, 0) is 20.9 Å². The molecule has 186 valence electrons. The summed E-state index contributed by atoms with van der Waals surface area (Å²) in [5.41, 5.74) is 3.57. The molecular weight excluding hydrogens is 436 g/mol. The van der Waals surface area contributed by atoms with Crippen molar-refractivity contribution in [3.8, 4) is 11.8 Å². The monoisotopic (exact) mass is 474 g/mol. The first kappa shape index (κ1) is 26.5. The summed E-state index contributed by atoms with van der Waals surface area (Å²) in [5.74, 6) is 6.30. The van der Waals surface area contributed by atoms with Crippen LogP contribution in [0.4, 0.5) is 5.69 Å². The molecule has 0 atom stereocenters. The number of carbonyl (C=O) groups excluding carboxylic acids is 2. The van der Waals surface area contributed by atoms with Crippen molar-refractivity contribution < 1.29 is 14.3 Å². The number of fused-ring (bicyclic) bond motifs is 2. The molecule has 1 aliphatic rings. The molecule has 0 spiro atoms. The third-order valence-corrected chi connectivity index (χ3v) is 6.08. The molecule has 1 aliphatic heterocycles. The molecule has 0 saturated heterocycles. The second-order valence-electron chi connectivity index (χ2n) is 9.29. The summed E-state index contributed by atoms with van der Waals surface area (Å²) in [6.07, 6.45) is 7.44. The van der Waals surface area contributed by atoms with E-state index in [0.29, 0.717) is 19.2 Å². The van der Waals surface area contributed by atoms with Crippen molar-refractivity contribution in [2.75, 3.05) is 18.1 Å². The Kier molecular flexibility index (Phi) is 10.9. The van der Waals surface area contributed by atoms with Gasteiger partial charge in [0.05, 0.1) is 18.3 Å². The number of para-hydroxylation sites is 1. The average Bonchev–Trinajstić information content (AvgIpc) is 2.85. The molecule has 0 aromatic heterocycles. The van der Waals surface area contributed by atoms with Crippen LogP contribution in [0.15, 0.2) is 48.5 Å². The van der Waals surface area contributed by atoms with Gasteiger partial charge in [-0.1, -0.05) is 67.9 Å². The first-order valence-electron chi connectivity index (χ1n) is 12.9. The van der Waals surface area contributed by atoms with Crippen molar-refractivity contribution in [1.29, 1.82) is 0 Å². The van der Waals surface area contributed by atoms with Gasteiger partial charge in [-0.2, -0.15) is 0 Å². The van der Waals surface area contributed by atoms with Crippen LogP contribution in [0.3, 0.4) is 0 Å². The maximum absolute atomic E-state index is 13.2. The number of rotatable bonds is 13. The molecule has 0 bridgehead atoms. The molecule has 2 aromatic rings. The van der Waals surface area contributed by atoms with E-state index in [0.717, 1.165) is 48.2 Å². The number of nitrogens with zero attached hydrogens (tertiary/aromatic N) is 1. The van der Waals surface area contributed by atoms with Gasteiger partial charge in [0.2, 0.25) is 11.8 Å². The summed E-state index contributed by atoms with van der Waals surface area (Å²) < 4.78 is 5.56. The Morgan fingerprint density at radius 2 is 1.54 bits per heavy atom. The summed E-state index contributed by atoms with van der Waals surface area (Å²) in [7, 11) is 0. The number of nitrogens with one attached hydrogen (secondary N) is 1. The Hall–Kier alpha value is -3.10. The van der Waals surface area contributed by atoms with Gasteiger partial charge in [0.15, 0.2) is 0 Å². The first-order chi connectivity index (χ1) is 17.0. The van der Waals surface area contributed by atoms with Gasteiger partial charge < -0.3 is 15.0 Å². The lowest BCUT2D eigenvalue weighted by Crippen LogP contribution is -2.33. The number of unbranched alkanes of at least 4 members (excludes halogenated alkanes) is 5. The summed E-state index contributed by atoms with van der Waals surface area (Å²) in [6, 6.07) is 15.6. The van der Waals surface area contributed by atoms with E-state index in [1.165, 1.54) is 19.3 Å². The van der Waals surface area contributed by atoms with E-state index in [4.69, 9.17) is 4.74 Å². The predicted octanol–water partition coefficient (Wildman–Crippen LogP) is 5.60. The molecule has 0 radical (unpaired) electrons. The number of ether oxygens (including phenoxy) is 1. The number of carbonyl (C=O) groups is 2. The Balaban J connectivity index is 1.40. The molecule has 1 heterocycles. The lowest BCUT2D eigenvalue weighted by Gasteiger charge is -2.26. The lowest BCUT2D eigenvalue weighted by atomic mass is 10.0. The van der Waals surface area contributed by atoms with Crippen LogP contribution in [0.5, 0.6) is 0 Å². The number of amides is 2. The minimum Gasteiger partial charge on any atom is -0.379 e. The van der Waals surface area contributed by atoms with E-state index < -0.39 is 0 Å². The van der Waals surface area contributed by atoms with Gasteiger partial charge in [-0.25, -0.2) is 0 Å². The van der Waals surface area contributed by atoms with Crippen molar-refractivity contribution in [2.45, 2.75) is 77.9 Å². The first-order valence-corrected chi connectivity index (χ1v) is 12.9. The molecule has 2 amide bonds. The van der Waals surface area contributed by atoms with Crippen LogP contribution in [0, 0.1) is 11.8 Å². The number of hydrogen-bond donors (Lipinski definition) is 1. The molecule has 5 heteroatoms. The van der Waals surface area contributed by atoms with Crippen LogP contribution < -0.4 is 10.2 Å². The third-order valence-electron chi connectivity index (χ3n) is 6.08. The van der Waals surface area contributed by atoms with Crippen LogP contribution in [0.1, 0.15) is 81.9 Å². The second kappa shape index (κ2) is 14.3. The van der Waals surface area contributed by atoms with Gasteiger partial charge in [0, 0.05) is 37.1 Å². The highest BCUT2D eigenvalue weighted by molar-refractivity contribution is 5.96. The largest absolute Gasteiger partial charge is 0.379 e. The van der Waals surface area contributed by atoms with E-state index in [2.05, 4.69) is 31.0 Å². The fourth-order valence-electron chi connectivity index (χ4n) is 4.13. The summed E-state index contributed by atoms with van der Waals surface area (Å²) >= 11 is 0. The zero-order chi connectivity index (χ0) is 24.9. The minimum atomic E-state index is -0.0651. The van der Waals surface area contributed by atoms with Crippen LogP contribution in [0.25, 0.3) is 0 Å². The van der Waals surface area contributed by atoms with Gasteiger partial charge in [-0.3, -0.25) is 9.59 Å². The van der Waals surface area contributed by atoms with Crippen molar-refractivity contribution in [1.82, 2.24) is 5.32 Å². The summed E-state index contributed by atoms with van der Waals surface area (Å²) in [5, 5.41) is 2.97. The van der Waals surface area contributed by atoms with Crippen molar-refractivity contribution >= 4 is 17.5 Å². The van der Waals surface area contributed by atoms with Crippen molar-refractivity contribution in [3.05, 3.63) is 65.2 Å². The Labute approximate surface area is 210 Å². The lowest BCUT2D eigenvalue weighted by molar-refractivity contribution is -0.125. The van der Waals surface area contributed by atoms with Gasteiger partial charge in [-0.15, -0.1) is 0 Å². The molecule has 35 heavy (non-hydrogen) atoms. The van der Waals surface area contributed by atoms with E-state index in [1.807, 2.05) is 48.5 Å². The molecule has 0 aliphatic carbocycles. The maximum Gasteiger partial charge on any atom is 0.227 e. The highest BCUT2D eigenvalue weighted by Gasteiger charge is 2.21. The molecule has 0 fully saturated rings. The predicted molar refractivity (Wildman–Crippen MR) is 141 cm³/mol. The number of benzene rings is 2. The van der Waals surface area contributed by atoms with Crippen molar-refractivity contribution in [2.24, 2.45) is 0 Å². The maximum atomic E-state index is 13.2. The Bertz CT molecular complexity index is 1040. The quantitative estimate of drug-likeness (QED) is 0.304. The van der Waals surface area contributed by atoms with Crippen LogP contribution in [-0.4, -0.2) is 31.1 Å². The van der Waals surface area contributed by atoms with Crippen LogP contribution >= 0.6 is 0 Å². The fraction of sp³-hybridized carbons (Fsp3) is 0.467. The van der Waals surface area contributed by atoms with E-state index in [1.54, 1.807) is 4.90 Å². The average molecular weight is 475 g/mol. The molecule has 3 rings (SSSR count). The third kappa shape index (κ3) is 8.88. The fourth-order valence-corrected chi connectivity index (χ4v) is 4.13. The minimum absolute atomic E-state index is 0.0625. The van der Waals surface area contributed by atoms with E-state index in [-0.39, 0.29) is 24.7 Å². The SMILES string of the molecule is CC(C)OCCCCCCCCNC(=O)CCC(=O)N1Cc2ccccc2C#Cc2ccccc21. The van der Waals surface area contributed by atoms with E-state index >= 15 is 0 Å². The Morgan fingerprint density at radius 3 is 2.34 bits per heavy atom. The highest BCUT2D eigenvalue weighted by atomic mass is 16.5. The molecule has 2 aromatic carbocycles. The Morgan fingerprint density at radius 1 is 0.886 bits per heavy atom. The highest BCUT2D eigenvalue weighted by Crippen LogP contribution is 2.26. The van der Waals surface area contributed by atoms with Crippen LogP contribution in [0.2, 0.25) is 0 Å². The smallest absolute Gasteiger partial charge is 0.227 e. The molecular formula is C30H38N2O3. The van der Waals surface area contributed by atoms with E-state index in [9.17, 15) is 9.59 Å². The van der Waals surface area contributed by atoms with Gasteiger partial charge in [-0.05, 0) is 50.5 Å². The zero-order valence-corrected chi connectivity index (χ0v) is 21.1. The normalized spacial score (nSPS) is 12.1. The molecule has 0 unspecified atom stereocenters. The molecule has 0 saturated carbocycles. The number of anilines is 1. The van der Waals surface area contributed by atoms with Crippen molar-refractivity contribution in [3.63, 3.8) is 0 Å². The standard InChI is InChI=1S/C30H38N2O3/c1-24(2)35-22-12-6-4-3-5-11-21-31-29(33)19-20-30(34)32-23-27-15-8-7-13-25(27)17-18-26-14-9-10-16-28(26)32/h7-10,13-16,24H,3-6,11-12,19-23H2,1-2H3,(H,31,33). The zero-order valence-electron chi connectivity index (χ0n) is 21.1. The van der Waals surface area contributed by atoms with Gasteiger partial charge in [0.1, 0.15) is 0 Å². The topological polar surface area (TPSA) is 58.6 Å². The molecule has 1 N–H and O–H groups in total.